The van der Waals surface area contributed by atoms with Gasteiger partial charge in [-0.05, 0) is 12.8 Å². The van der Waals surface area contributed by atoms with Crippen LogP contribution in [0.3, 0.4) is 0 Å². The molecule has 0 radical (unpaired) electrons. The van der Waals surface area contributed by atoms with Crippen LogP contribution in [-0.2, 0) is 9.53 Å². The Morgan fingerprint density at radius 1 is 1.35 bits per heavy atom. The molecule has 0 unspecified atom stereocenters. The Hall–Kier alpha value is -0.650. The molecule has 1 aliphatic carbocycles. The van der Waals surface area contributed by atoms with Crippen molar-refractivity contribution in [2.45, 2.75) is 44.2 Å². The van der Waals surface area contributed by atoms with Gasteiger partial charge in [0.1, 0.15) is 0 Å². The molecule has 1 aliphatic rings. The van der Waals surface area contributed by atoms with Crippen LogP contribution in [0.25, 0.3) is 0 Å². The highest BCUT2D eigenvalue weighted by Crippen LogP contribution is 2.18. The van der Waals surface area contributed by atoms with Gasteiger partial charge < -0.3 is 20.5 Å². The average molecular weight is 244 g/mol. The van der Waals surface area contributed by atoms with Crippen LogP contribution >= 0.6 is 0 Å². The molecule has 0 aromatic rings. The van der Waals surface area contributed by atoms with Gasteiger partial charge in [0.15, 0.2) is 0 Å². The van der Waals surface area contributed by atoms with E-state index in [-0.39, 0.29) is 18.1 Å². The van der Waals surface area contributed by atoms with E-state index in [4.69, 9.17) is 4.74 Å². The molecule has 5 nitrogen and oxygen atoms in total. The second kappa shape index (κ2) is 8.44. The Balaban J connectivity index is 2.04. The van der Waals surface area contributed by atoms with Gasteiger partial charge in [-0.15, -0.1) is 0 Å². The Kier molecular flexibility index (Phi) is 7.16. The summed E-state index contributed by atoms with van der Waals surface area (Å²) in [6, 6.07) is 0.163. The third kappa shape index (κ3) is 6.00. The molecule has 0 bridgehead atoms. The highest BCUT2D eigenvalue weighted by Gasteiger charge is 2.22. The fraction of sp³-hybridized carbons (Fsp3) is 0.917. The van der Waals surface area contributed by atoms with Gasteiger partial charge in [0.2, 0.25) is 5.91 Å². The first kappa shape index (κ1) is 14.4. The van der Waals surface area contributed by atoms with E-state index in [0.29, 0.717) is 26.1 Å². The topological polar surface area (TPSA) is 70.6 Å². The summed E-state index contributed by atoms with van der Waals surface area (Å²) in [5.41, 5.74) is 0. The number of hydrogen-bond donors (Lipinski definition) is 3. The number of methoxy groups -OCH3 is 1. The lowest BCUT2D eigenvalue weighted by Crippen LogP contribution is -2.43. The molecule has 0 aromatic carbocycles. The summed E-state index contributed by atoms with van der Waals surface area (Å²) in [6.07, 6.45) is 4.35. The number of ether oxygens (including phenoxy) is 1. The van der Waals surface area contributed by atoms with Crippen molar-refractivity contribution in [2.24, 2.45) is 0 Å². The van der Waals surface area contributed by atoms with Crippen molar-refractivity contribution < 1.29 is 14.6 Å². The van der Waals surface area contributed by atoms with Crippen molar-refractivity contribution in [2.75, 3.05) is 26.8 Å². The molecule has 1 rings (SSSR count). The molecule has 100 valence electrons. The molecule has 3 N–H and O–H groups in total. The summed E-state index contributed by atoms with van der Waals surface area (Å²) in [4.78, 5) is 11.4. The Morgan fingerprint density at radius 2 is 2.12 bits per heavy atom. The molecular weight excluding hydrogens is 220 g/mol. The van der Waals surface area contributed by atoms with Gasteiger partial charge in [0.05, 0.1) is 12.7 Å². The van der Waals surface area contributed by atoms with Crippen LogP contribution in [0.2, 0.25) is 0 Å². The van der Waals surface area contributed by atoms with E-state index >= 15 is 0 Å². The zero-order valence-corrected chi connectivity index (χ0v) is 10.6. The molecule has 0 heterocycles. The Morgan fingerprint density at radius 3 is 2.82 bits per heavy atom. The smallest absolute Gasteiger partial charge is 0.221 e. The fourth-order valence-corrected chi connectivity index (χ4v) is 2.10. The monoisotopic (exact) mass is 244 g/mol. The first-order valence-corrected chi connectivity index (χ1v) is 6.41. The van der Waals surface area contributed by atoms with Crippen LogP contribution in [0.1, 0.15) is 32.1 Å². The molecule has 2 atom stereocenters. The fourth-order valence-electron chi connectivity index (χ4n) is 2.10. The molecule has 1 saturated carbocycles. The molecule has 1 amide bonds. The zero-order chi connectivity index (χ0) is 12.5. The van der Waals surface area contributed by atoms with Gasteiger partial charge in [-0.2, -0.15) is 0 Å². The number of nitrogens with one attached hydrogen (secondary N) is 2. The van der Waals surface area contributed by atoms with Crippen molar-refractivity contribution in [3.05, 3.63) is 0 Å². The Labute approximate surface area is 103 Å². The van der Waals surface area contributed by atoms with Gasteiger partial charge in [-0.1, -0.05) is 12.8 Å². The van der Waals surface area contributed by atoms with Gasteiger partial charge in [0, 0.05) is 32.7 Å². The van der Waals surface area contributed by atoms with E-state index in [1.54, 1.807) is 7.11 Å². The summed E-state index contributed by atoms with van der Waals surface area (Å²) < 4.78 is 4.84. The minimum atomic E-state index is -0.250. The van der Waals surface area contributed by atoms with E-state index in [0.717, 1.165) is 25.7 Å². The van der Waals surface area contributed by atoms with E-state index in [1.807, 2.05) is 0 Å². The highest BCUT2D eigenvalue weighted by atomic mass is 16.5. The van der Waals surface area contributed by atoms with E-state index in [2.05, 4.69) is 10.6 Å². The van der Waals surface area contributed by atoms with Crippen LogP contribution in [0.4, 0.5) is 0 Å². The largest absolute Gasteiger partial charge is 0.392 e. The molecule has 17 heavy (non-hydrogen) atoms. The predicted octanol–water partition coefficient (Wildman–Crippen LogP) is 0.0322. The van der Waals surface area contributed by atoms with Crippen LogP contribution in [0.5, 0.6) is 0 Å². The standard InChI is InChI=1S/C12H24N2O3/c1-17-9-8-14-12(16)6-7-13-10-4-2-3-5-11(10)15/h10-11,13,15H,2-9H2,1H3,(H,14,16)/t10-,11-/m1/s1. The molecule has 0 aromatic heterocycles. The van der Waals surface area contributed by atoms with Crippen molar-refractivity contribution in [3.63, 3.8) is 0 Å². The van der Waals surface area contributed by atoms with Crippen LogP contribution in [0, 0.1) is 0 Å². The molecule has 0 spiro atoms. The van der Waals surface area contributed by atoms with Crippen molar-refractivity contribution in [1.29, 1.82) is 0 Å². The SMILES string of the molecule is COCCNC(=O)CCN[C@@H]1CCCC[C@H]1O. The minimum Gasteiger partial charge on any atom is -0.392 e. The first-order valence-electron chi connectivity index (χ1n) is 6.41. The summed E-state index contributed by atoms with van der Waals surface area (Å²) in [5.74, 6) is 0.0276. The first-order chi connectivity index (χ1) is 8.24. The van der Waals surface area contributed by atoms with Crippen LogP contribution in [0.15, 0.2) is 0 Å². The summed E-state index contributed by atoms with van der Waals surface area (Å²) in [5, 5.41) is 15.7. The summed E-state index contributed by atoms with van der Waals surface area (Å²) in [7, 11) is 1.61. The number of carbonyl (C=O) groups is 1. The summed E-state index contributed by atoms with van der Waals surface area (Å²) in [6.45, 7) is 1.72. The second-order valence-corrected chi connectivity index (χ2v) is 4.51. The molecule has 1 fully saturated rings. The molecule has 5 heteroatoms. The highest BCUT2D eigenvalue weighted by molar-refractivity contribution is 5.76. The maximum absolute atomic E-state index is 11.4. The van der Waals surface area contributed by atoms with Gasteiger partial charge in [-0.25, -0.2) is 0 Å². The van der Waals surface area contributed by atoms with E-state index < -0.39 is 0 Å². The third-order valence-electron chi connectivity index (χ3n) is 3.12. The summed E-state index contributed by atoms with van der Waals surface area (Å²) >= 11 is 0. The number of aliphatic hydroxyl groups excluding tert-OH is 1. The number of carbonyl (C=O) groups excluding carboxylic acids is 1. The normalized spacial score (nSPS) is 24.6. The maximum Gasteiger partial charge on any atom is 0.221 e. The molecule has 0 aliphatic heterocycles. The third-order valence-corrected chi connectivity index (χ3v) is 3.12. The van der Waals surface area contributed by atoms with Gasteiger partial charge in [0.25, 0.3) is 0 Å². The van der Waals surface area contributed by atoms with E-state index in [1.165, 1.54) is 0 Å². The van der Waals surface area contributed by atoms with Crippen molar-refractivity contribution in [1.82, 2.24) is 10.6 Å². The lowest BCUT2D eigenvalue weighted by atomic mass is 9.92. The number of hydrogen-bond acceptors (Lipinski definition) is 4. The predicted molar refractivity (Wildman–Crippen MR) is 65.8 cm³/mol. The second-order valence-electron chi connectivity index (χ2n) is 4.51. The number of rotatable bonds is 7. The molecular formula is C12H24N2O3. The average Bonchev–Trinajstić information content (AvgIpc) is 2.32. The van der Waals surface area contributed by atoms with Gasteiger partial charge in [-0.3, -0.25) is 4.79 Å². The van der Waals surface area contributed by atoms with Gasteiger partial charge >= 0.3 is 0 Å². The number of amides is 1. The Bertz CT molecular complexity index is 224. The number of aliphatic hydroxyl groups is 1. The van der Waals surface area contributed by atoms with Crippen molar-refractivity contribution >= 4 is 5.91 Å². The lowest BCUT2D eigenvalue weighted by molar-refractivity contribution is -0.121. The van der Waals surface area contributed by atoms with Crippen LogP contribution in [-0.4, -0.2) is 50.0 Å². The minimum absolute atomic E-state index is 0.0276. The van der Waals surface area contributed by atoms with Crippen molar-refractivity contribution in [3.8, 4) is 0 Å². The van der Waals surface area contributed by atoms with Crippen LogP contribution < -0.4 is 10.6 Å². The quantitative estimate of drug-likeness (QED) is 0.553. The van der Waals surface area contributed by atoms with E-state index in [9.17, 15) is 9.90 Å². The maximum atomic E-state index is 11.4. The zero-order valence-electron chi connectivity index (χ0n) is 10.6. The molecule has 0 saturated heterocycles. The lowest BCUT2D eigenvalue weighted by Gasteiger charge is -2.28.